The fourth-order valence-electron chi connectivity index (χ4n) is 3.18. The first-order valence-electron chi connectivity index (χ1n) is 8.31. The molecule has 6 nitrogen and oxygen atoms in total. The van der Waals surface area contributed by atoms with Crippen LogP contribution in [0.2, 0.25) is 0 Å². The molecule has 0 radical (unpaired) electrons. The van der Waals surface area contributed by atoms with Crippen molar-refractivity contribution in [1.29, 1.82) is 0 Å². The number of fused-ring (bicyclic) bond motifs is 1. The topological polar surface area (TPSA) is 83.7 Å². The number of hydrogen-bond donors (Lipinski definition) is 2. The summed E-state index contributed by atoms with van der Waals surface area (Å²) in [6.07, 6.45) is 3.58. The van der Waals surface area contributed by atoms with Gasteiger partial charge in [-0.3, -0.25) is 4.79 Å². The third-order valence-corrected chi connectivity index (χ3v) is 4.52. The number of hydrogen-bond acceptors (Lipinski definition) is 4. The lowest BCUT2D eigenvalue weighted by molar-refractivity contribution is 0.468. The summed E-state index contributed by atoms with van der Waals surface area (Å²) in [6, 6.07) is 9.68. The normalized spacial score (nSPS) is 11.0. The Morgan fingerprint density at radius 1 is 1.08 bits per heavy atom. The summed E-state index contributed by atoms with van der Waals surface area (Å²) < 4.78 is 5.98. The molecule has 0 spiro atoms. The molecule has 4 rings (SSSR count). The summed E-state index contributed by atoms with van der Waals surface area (Å²) in [5, 5.41) is 7.65. The highest BCUT2D eigenvalue weighted by molar-refractivity contribution is 5.83. The van der Waals surface area contributed by atoms with Crippen molar-refractivity contribution in [1.82, 2.24) is 20.2 Å². The predicted molar refractivity (Wildman–Crippen MR) is 101 cm³/mol. The largest absolute Gasteiger partial charge is 0.437 e. The van der Waals surface area contributed by atoms with Crippen LogP contribution in [0, 0.1) is 20.8 Å². The predicted octanol–water partition coefficient (Wildman–Crippen LogP) is 4.03. The second-order valence-electron chi connectivity index (χ2n) is 6.27. The van der Waals surface area contributed by atoms with Gasteiger partial charge in [-0.2, -0.15) is 5.10 Å². The third-order valence-electron chi connectivity index (χ3n) is 4.52. The molecule has 3 aromatic heterocycles. The van der Waals surface area contributed by atoms with Gasteiger partial charge in [0.2, 0.25) is 5.88 Å². The number of rotatable bonds is 3. The zero-order valence-electron chi connectivity index (χ0n) is 14.8. The van der Waals surface area contributed by atoms with E-state index in [9.17, 15) is 4.79 Å². The molecule has 0 aliphatic rings. The van der Waals surface area contributed by atoms with Crippen LogP contribution in [0.5, 0.6) is 11.6 Å². The Kier molecular flexibility index (Phi) is 3.80. The maximum Gasteiger partial charge on any atom is 0.267 e. The number of nitrogens with one attached hydrogen (secondary N) is 2. The number of aromatic amines is 2. The molecule has 0 atom stereocenters. The minimum Gasteiger partial charge on any atom is -0.437 e. The van der Waals surface area contributed by atoms with Gasteiger partial charge in [0.25, 0.3) is 5.56 Å². The summed E-state index contributed by atoms with van der Waals surface area (Å²) in [5.74, 6) is 1.22. The van der Waals surface area contributed by atoms with E-state index in [1.165, 1.54) is 0 Å². The second kappa shape index (κ2) is 6.15. The number of H-pyrrole nitrogens is 2. The molecule has 0 fully saturated rings. The SMILES string of the molecule is Cc1cc(Oc2nccc3cc[nH]c23)ccc1-c1c(C)n[nH]c(=O)c1C. The van der Waals surface area contributed by atoms with Crippen LogP contribution in [0.15, 0.2) is 47.5 Å². The smallest absolute Gasteiger partial charge is 0.267 e. The first-order valence-corrected chi connectivity index (χ1v) is 8.31. The molecule has 3 heterocycles. The lowest BCUT2D eigenvalue weighted by Gasteiger charge is -2.13. The molecule has 0 saturated carbocycles. The number of ether oxygens (including phenoxy) is 1. The van der Waals surface area contributed by atoms with Crippen LogP contribution in [0.25, 0.3) is 22.0 Å². The van der Waals surface area contributed by atoms with E-state index in [1.54, 1.807) is 6.20 Å². The van der Waals surface area contributed by atoms with Gasteiger partial charge in [0.15, 0.2) is 0 Å². The van der Waals surface area contributed by atoms with Crippen molar-refractivity contribution in [3.8, 4) is 22.8 Å². The van der Waals surface area contributed by atoms with Crippen molar-refractivity contribution in [2.45, 2.75) is 20.8 Å². The van der Waals surface area contributed by atoms with Gasteiger partial charge in [0, 0.05) is 28.9 Å². The molecular weight excluding hydrogens is 328 g/mol. The Hall–Kier alpha value is -3.41. The van der Waals surface area contributed by atoms with Crippen molar-refractivity contribution in [3.63, 3.8) is 0 Å². The van der Waals surface area contributed by atoms with Crippen LogP contribution < -0.4 is 10.3 Å². The molecule has 130 valence electrons. The highest BCUT2D eigenvalue weighted by atomic mass is 16.5. The lowest BCUT2D eigenvalue weighted by atomic mass is 9.96. The van der Waals surface area contributed by atoms with E-state index in [0.29, 0.717) is 17.2 Å². The molecule has 0 amide bonds. The van der Waals surface area contributed by atoms with Crippen molar-refractivity contribution in [2.75, 3.05) is 0 Å². The van der Waals surface area contributed by atoms with E-state index < -0.39 is 0 Å². The Morgan fingerprint density at radius 3 is 2.73 bits per heavy atom. The number of pyridine rings is 1. The number of nitrogens with zero attached hydrogens (tertiary/aromatic N) is 2. The number of aryl methyl sites for hydroxylation is 2. The minimum absolute atomic E-state index is 0.173. The Labute approximate surface area is 149 Å². The van der Waals surface area contributed by atoms with Gasteiger partial charge in [0.1, 0.15) is 11.3 Å². The number of aromatic nitrogens is 4. The molecule has 0 aliphatic carbocycles. The van der Waals surface area contributed by atoms with E-state index in [0.717, 1.165) is 33.3 Å². The van der Waals surface area contributed by atoms with Crippen LogP contribution in [0.3, 0.4) is 0 Å². The molecule has 0 aliphatic heterocycles. The molecule has 2 N–H and O–H groups in total. The van der Waals surface area contributed by atoms with E-state index in [-0.39, 0.29) is 5.56 Å². The Bertz CT molecular complexity index is 1170. The molecule has 26 heavy (non-hydrogen) atoms. The lowest BCUT2D eigenvalue weighted by Crippen LogP contribution is -2.14. The van der Waals surface area contributed by atoms with Crippen LogP contribution >= 0.6 is 0 Å². The van der Waals surface area contributed by atoms with E-state index in [4.69, 9.17) is 4.74 Å². The van der Waals surface area contributed by atoms with Gasteiger partial charge >= 0.3 is 0 Å². The first kappa shape index (κ1) is 16.1. The maximum absolute atomic E-state index is 11.9. The highest BCUT2D eigenvalue weighted by Crippen LogP contribution is 2.32. The van der Waals surface area contributed by atoms with Crippen LogP contribution in [0.1, 0.15) is 16.8 Å². The highest BCUT2D eigenvalue weighted by Gasteiger charge is 2.14. The summed E-state index contributed by atoms with van der Waals surface area (Å²) in [5.41, 5.74) is 4.97. The average Bonchev–Trinajstić information content (AvgIpc) is 3.10. The van der Waals surface area contributed by atoms with Crippen molar-refractivity contribution >= 4 is 10.9 Å². The molecule has 4 aromatic rings. The van der Waals surface area contributed by atoms with Gasteiger partial charge in [-0.25, -0.2) is 10.1 Å². The molecule has 0 bridgehead atoms. The first-order chi connectivity index (χ1) is 12.5. The Morgan fingerprint density at radius 2 is 1.92 bits per heavy atom. The van der Waals surface area contributed by atoms with Gasteiger partial charge in [0.05, 0.1) is 5.69 Å². The van der Waals surface area contributed by atoms with Gasteiger partial charge in [-0.15, -0.1) is 0 Å². The van der Waals surface area contributed by atoms with Crippen LogP contribution in [0.4, 0.5) is 0 Å². The number of benzene rings is 1. The van der Waals surface area contributed by atoms with Crippen molar-refractivity contribution < 1.29 is 4.74 Å². The third kappa shape index (κ3) is 2.65. The molecule has 0 unspecified atom stereocenters. The Balaban J connectivity index is 1.75. The monoisotopic (exact) mass is 346 g/mol. The summed E-state index contributed by atoms with van der Waals surface area (Å²) >= 11 is 0. The van der Waals surface area contributed by atoms with Gasteiger partial charge < -0.3 is 9.72 Å². The molecular formula is C20H18N4O2. The van der Waals surface area contributed by atoms with Crippen molar-refractivity contribution in [2.24, 2.45) is 0 Å². The van der Waals surface area contributed by atoms with E-state index in [1.807, 2.05) is 57.3 Å². The second-order valence-corrected chi connectivity index (χ2v) is 6.27. The minimum atomic E-state index is -0.173. The van der Waals surface area contributed by atoms with Gasteiger partial charge in [-0.1, -0.05) is 6.07 Å². The fraction of sp³-hybridized carbons (Fsp3) is 0.150. The zero-order valence-corrected chi connectivity index (χ0v) is 14.8. The fourth-order valence-corrected chi connectivity index (χ4v) is 3.18. The van der Waals surface area contributed by atoms with Crippen molar-refractivity contribution in [3.05, 3.63) is 69.9 Å². The molecule has 6 heteroatoms. The summed E-state index contributed by atoms with van der Waals surface area (Å²) in [7, 11) is 0. The summed E-state index contributed by atoms with van der Waals surface area (Å²) in [4.78, 5) is 19.4. The van der Waals surface area contributed by atoms with Gasteiger partial charge in [-0.05, 0) is 56.2 Å². The van der Waals surface area contributed by atoms with Crippen LogP contribution in [-0.4, -0.2) is 20.2 Å². The summed E-state index contributed by atoms with van der Waals surface area (Å²) in [6.45, 7) is 5.69. The quantitative estimate of drug-likeness (QED) is 0.586. The molecule has 0 saturated heterocycles. The standard InChI is InChI=1S/C20H18N4O2/c1-11-10-15(26-20-18-14(6-8-21-18)7-9-22-20)4-5-16(11)17-12(2)19(25)24-23-13(17)3/h4-10,21H,1-3H3,(H,24,25). The maximum atomic E-state index is 11.9. The average molecular weight is 346 g/mol. The van der Waals surface area contributed by atoms with E-state index >= 15 is 0 Å². The zero-order chi connectivity index (χ0) is 18.3. The van der Waals surface area contributed by atoms with E-state index in [2.05, 4.69) is 20.2 Å². The van der Waals surface area contributed by atoms with Crippen LogP contribution in [-0.2, 0) is 0 Å². The molecule has 1 aromatic carbocycles.